The number of allylic oxidation sites excluding steroid dienone is 1. The molecular weight excluding hydrogens is 550 g/mol. The van der Waals surface area contributed by atoms with Gasteiger partial charge in [0.1, 0.15) is 5.82 Å². The number of carbonyl (C=O) groups excluding carboxylic acids is 1. The average Bonchev–Trinajstić information content (AvgIpc) is 2.69. The SMILES string of the molecule is Cc1ccc(SC(C(=O)c2ccc(Br)cc2)=C(I)c2ccc(F)c(C)c2)cc1. The molecule has 0 spiro atoms. The van der Waals surface area contributed by atoms with Crippen LogP contribution in [0.3, 0.4) is 0 Å². The lowest BCUT2D eigenvalue weighted by molar-refractivity contribution is 0.104. The molecule has 3 rings (SSSR count). The number of benzene rings is 3. The predicted molar refractivity (Wildman–Crippen MR) is 128 cm³/mol. The van der Waals surface area contributed by atoms with Gasteiger partial charge in [-0.05, 0) is 96.1 Å². The molecule has 3 aromatic carbocycles. The van der Waals surface area contributed by atoms with Crippen LogP contribution in [0.5, 0.6) is 0 Å². The Morgan fingerprint density at radius 3 is 2.14 bits per heavy atom. The van der Waals surface area contributed by atoms with Gasteiger partial charge in [-0.1, -0.05) is 51.5 Å². The summed E-state index contributed by atoms with van der Waals surface area (Å²) in [4.78, 5) is 14.9. The van der Waals surface area contributed by atoms with Crippen molar-refractivity contribution in [2.24, 2.45) is 0 Å². The number of ketones is 1. The van der Waals surface area contributed by atoms with Crippen LogP contribution < -0.4 is 0 Å². The standard InChI is InChI=1S/C23H17BrFIOS/c1-14-3-10-19(11-4-14)28-23(22(27)16-5-8-18(24)9-6-16)21(26)17-7-12-20(25)15(2)13-17/h3-13H,1-2H3. The highest BCUT2D eigenvalue weighted by atomic mass is 127. The van der Waals surface area contributed by atoms with Gasteiger partial charge in [-0.2, -0.15) is 0 Å². The van der Waals surface area contributed by atoms with Crippen LogP contribution in [0.25, 0.3) is 3.58 Å². The Balaban J connectivity index is 2.08. The lowest BCUT2D eigenvalue weighted by Crippen LogP contribution is -2.03. The summed E-state index contributed by atoms with van der Waals surface area (Å²) in [5, 5.41) is 0. The van der Waals surface area contributed by atoms with Gasteiger partial charge in [-0.15, -0.1) is 0 Å². The van der Waals surface area contributed by atoms with Crippen LogP contribution in [0, 0.1) is 19.7 Å². The maximum atomic E-state index is 13.7. The van der Waals surface area contributed by atoms with E-state index in [0.29, 0.717) is 16.0 Å². The van der Waals surface area contributed by atoms with Crippen molar-refractivity contribution >= 4 is 59.6 Å². The molecule has 0 N–H and O–H groups in total. The van der Waals surface area contributed by atoms with Crippen molar-refractivity contribution in [2.75, 3.05) is 0 Å². The van der Waals surface area contributed by atoms with E-state index in [9.17, 15) is 9.18 Å². The lowest BCUT2D eigenvalue weighted by atomic mass is 10.1. The third-order valence-corrected chi connectivity index (χ3v) is 7.32. The van der Waals surface area contributed by atoms with Gasteiger partial charge < -0.3 is 0 Å². The Hall–Kier alpha value is -1.44. The monoisotopic (exact) mass is 566 g/mol. The third kappa shape index (κ3) is 5.13. The number of carbonyl (C=O) groups is 1. The fourth-order valence-electron chi connectivity index (χ4n) is 2.56. The van der Waals surface area contributed by atoms with E-state index < -0.39 is 0 Å². The van der Waals surface area contributed by atoms with Gasteiger partial charge in [0.2, 0.25) is 5.78 Å². The van der Waals surface area contributed by atoms with Gasteiger partial charge in [0.25, 0.3) is 0 Å². The van der Waals surface area contributed by atoms with Crippen LogP contribution in [-0.2, 0) is 0 Å². The molecule has 0 heterocycles. The second-order valence-electron chi connectivity index (χ2n) is 6.36. The molecule has 1 nitrogen and oxygen atoms in total. The summed E-state index contributed by atoms with van der Waals surface area (Å²) < 4.78 is 15.4. The molecule has 5 heteroatoms. The van der Waals surface area contributed by atoms with Crippen molar-refractivity contribution in [1.82, 2.24) is 0 Å². The number of hydrogen-bond donors (Lipinski definition) is 0. The van der Waals surface area contributed by atoms with Crippen LogP contribution >= 0.6 is 50.3 Å². The van der Waals surface area contributed by atoms with E-state index in [-0.39, 0.29) is 11.6 Å². The minimum absolute atomic E-state index is 0.0514. The maximum Gasteiger partial charge on any atom is 0.200 e. The Morgan fingerprint density at radius 1 is 0.929 bits per heavy atom. The van der Waals surface area contributed by atoms with Crippen LogP contribution in [0.15, 0.2) is 81.0 Å². The van der Waals surface area contributed by atoms with E-state index in [0.717, 1.165) is 24.1 Å². The first-order chi connectivity index (χ1) is 13.3. The Labute approximate surface area is 190 Å². The molecule has 0 atom stereocenters. The first-order valence-electron chi connectivity index (χ1n) is 8.56. The number of Topliss-reactive ketones (excluding diaryl/α,β-unsaturated/α-hetero) is 1. The van der Waals surface area contributed by atoms with Crippen molar-refractivity contribution in [3.8, 4) is 0 Å². The molecular formula is C23H17BrFIOS. The maximum absolute atomic E-state index is 13.7. The zero-order chi connectivity index (χ0) is 20.3. The third-order valence-electron chi connectivity index (χ3n) is 4.16. The summed E-state index contributed by atoms with van der Waals surface area (Å²) in [5.74, 6) is -0.302. The minimum atomic E-state index is -0.250. The van der Waals surface area contributed by atoms with Crippen LogP contribution in [0.4, 0.5) is 4.39 Å². The molecule has 142 valence electrons. The van der Waals surface area contributed by atoms with E-state index in [4.69, 9.17) is 0 Å². The van der Waals surface area contributed by atoms with Crippen molar-refractivity contribution in [1.29, 1.82) is 0 Å². The smallest absolute Gasteiger partial charge is 0.200 e. The summed E-state index contributed by atoms with van der Waals surface area (Å²) in [6.45, 7) is 3.76. The van der Waals surface area contributed by atoms with Gasteiger partial charge in [0, 0.05) is 18.5 Å². The second kappa shape index (κ2) is 9.37. The normalized spacial score (nSPS) is 11.9. The molecule has 0 aliphatic carbocycles. The topological polar surface area (TPSA) is 17.1 Å². The quantitative estimate of drug-likeness (QED) is 0.135. The number of aryl methyl sites for hydroxylation is 2. The molecule has 3 aromatic rings. The highest BCUT2D eigenvalue weighted by Crippen LogP contribution is 2.39. The summed E-state index contributed by atoms with van der Waals surface area (Å²) in [6, 6.07) is 20.3. The highest BCUT2D eigenvalue weighted by molar-refractivity contribution is 14.1. The molecule has 0 radical (unpaired) electrons. The van der Waals surface area contributed by atoms with Gasteiger partial charge in [-0.25, -0.2) is 4.39 Å². The fraction of sp³-hybridized carbons (Fsp3) is 0.0870. The molecule has 0 bridgehead atoms. The highest BCUT2D eigenvalue weighted by Gasteiger charge is 2.19. The molecule has 0 fully saturated rings. The van der Waals surface area contributed by atoms with Gasteiger partial charge in [-0.3, -0.25) is 4.79 Å². The average molecular weight is 567 g/mol. The number of halogens is 3. The van der Waals surface area contributed by atoms with Gasteiger partial charge in [0.05, 0.1) is 4.91 Å². The van der Waals surface area contributed by atoms with Crippen LogP contribution in [0.1, 0.15) is 27.0 Å². The number of thioether (sulfide) groups is 1. The van der Waals surface area contributed by atoms with E-state index in [1.54, 1.807) is 19.1 Å². The van der Waals surface area contributed by atoms with Crippen LogP contribution in [0.2, 0.25) is 0 Å². The lowest BCUT2D eigenvalue weighted by Gasteiger charge is -2.12. The summed E-state index contributed by atoms with van der Waals surface area (Å²) in [7, 11) is 0. The molecule has 0 amide bonds. The molecule has 0 aromatic heterocycles. The van der Waals surface area contributed by atoms with E-state index in [1.165, 1.54) is 17.8 Å². The summed E-state index contributed by atoms with van der Waals surface area (Å²) in [5.41, 5.74) is 3.17. The second-order valence-corrected chi connectivity index (χ2v) is 9.44. The zero-order valence-corrected chi connectivity index (χ0v) is 19.9. The van der Waals surface area contributed by atoms with E-state index in [1.807, 2.05) is 55.5 Å². The molecule has 0 saturated carbocycles. The van der Waals surface area contributed by atoms with Crippen molar-refractivity contribution < 1.29 is 9.18 Å². The van der Waals surface area contributed by atoms with Gasteiger partial charge in [0.15, 0.2) is 0 Å². The summed E-state index contributed by atoms with van der Waals surface area (Å²) >= 11 is 7.03. The number of hydrogen-bond acceptors (Lipinski definition) is 2. The first kappa shape index (κ1) is 21.3. The van der Waals surface area contributed by atoms with Crippen molar-refractivity contribution in [2.45, 2.75) is 18.7 Å². The van der Waals surface area contributed by atoms with Crippen molar-refractivity contribution in [3.63, 3.8) is 0 Å². The molecule has 0 aliphatic rings. The molecule has 28 heavy (non-hydrogen) atoms. The molecule has 0 aliphatic heterocycles. The summed E-state index contributed by atoms with van der Waals surface area (Å²) in [6.07, 6.45) is 0. The molecule has 0 unspecified atom stereocenters. The Kier molecular flexibility index (Phi) is 7.12. The van der Waals surface area contributed by atoms with E-state index in [2.05, 4.69) is 38.5 Å². The van der Waals surface area contributed by atoms with Gasteiger partial charge >= 0.3 is 0 Å². The van der Waals surface area contributed by atoms with E-state index >= 15 is 0 Å². The molecule has 0 saturated heterocycles. The zero-order valence-electron chi connectivity index (χ0n) is 15.3. The Morgan fingerprint density at radius 2 is 1.54 bits per heavy atom. The fourth-order valence-corrected chi connectivity index (χ4v) is 4.66. The predicted octanol–water partition coefficient (Wildman–Crippen LogP) is 7.98. The first-order valence-corrected chi connectivity index (χ1v) is 11.2. The van der Waals surface area contributed by atoms with Crippen LogP contribution in [-0.4, -0.2) is 5.78 Å². The number of rotatable bonds is 5. The Bertz CT molecular complexity index is 1040. The largest absolute Gasteiger partial charge is 0.288 e. The van der Waals surface area contributed by atoms with Crippen molar-refractivity contribution in [3.05, 3.63) is 104 Å². The minimum Gasteiger partial charge on any atom is -0.288 e.